The van der Waals surface area contributed by atoms with Crippen LogP contribution in [0.4, 0.5) is 0 Å². The third-order valence-electron chi connectivity index (χ3n) is 6.26. The third-order valence-corrected chi connectivity index (χ3v) is 6.26. The predicted octanol–water partition coefficient (Wildman–Crippen LogP) is 4.10. The fraction of sp³-hybridized carbons (Fsp3) is 0.947. The highest BCUT2D eigenvalue weighted by Gasteiger charge is 2.35. The Morgan fingerprint density at radius 1 is 1.22 bits per heavy atom. The maximum absolute atomic E-state index is 12.0. The van der Waals surface area contributed by atoms with E-state index in [1.54, 1.807) is 0 Å². The zero-order valence-electron chi connectivity index (χ0n) is 15.4. The molecule has 130 valence electrons. The molecule has 0 amide bonds. The number of piperidine rings is 1. The van der Waals surface area contributed by atoms with E-state index in [1.807, 2.05) is 0 Å². The van der Waals surface area contributed by atoms with Gasteiger partial charge in [-0.05, 0) is 69.4 Å². The number of hydrogen-bond donors (Lipinski definition) is 0. The van der Waals surface area contributed by atoms with Gasteiger partial charge in [-0.25, -0.2) is 0 Å². The Balaban J connectivity index is 1.83. The molecule has 2 fully saturated rings. The van der Waals surface area contributed by atoms with Crippen molar-refractivity contribution in [3.05, 3.63) is 0 Å². The van der Waals surface area contributed by atoms with Crippen molar-refractivity contribution in [2.75, 3.05) is 13.1 Å². The van der Waals surface area contributed by atoms with Crippen LogP contribution in [0.2, 0.25) is 0 Å². The van der Waals surface area contributed by atoms with Crippen LogP contribution in [0, 0.1) is 17.3 Å². The highest BCUT2D eigenvalue weighted by molar-refractivity contribution is 6.05. The highest BCUT2D eigenvalue weighted by Crippen LogP contribution is 2.38. The van der Waals surface area contributed by atoms with Gasteiger partial charge in [0.25, 0.3) is 5.97 Å². The van der Waals surface area contributed by atoms with Crippen LogP contribution in [0.1, 0.15) is 78.6 Å². The van der Waals surface area contributed by atoms with E-state index in [0.29, 0.717) is 11.3 Å². The van der Waals surface area contributed by atoms with Crippen LogP contribution in [0.3, 0.4) is 0 Å². The number of rotatable bonds is 6. The molecule has 1 saturated heterocycles. The minimum atomic E-state index is -0.198. The first-order chi connectivity index (χ1) is 11.0. The Morgan fingerprint density at radius 2 is 1.83 bits per heavy atom. The molecule has 4 heteroatoms. The minimum Gasteiger partial charge on any atom is -0.543 e. The van der Waals surface area contributed by atoms with Crippen molar-refractivity contribution < 1.29 is 9.45 Å². The number of hydrogen-bond acceptors (Lipinski definition) is 3. The Hall–Kier alpha value is -0.505. The van der Waals surface area contributed by atoms with E-state index in [4.69, 9.17) is 8.05 Å². The molecular formula is C19H34BNO2. The number of unbranched alkanes of at least 4 members (excludes halogenated alkanes) is 1. The molecular weight excluding hydrogens is 285 g/mol. The summed E-state index contributed by atoms with van der Waals surface area (Å²) in [7, 11) is 5.16. The molecule has 0 N–H and O–H groups in total. The molecule has 23 heavy (non-hydrogen) atoms. The highest BCUT2D eigenvalue weighted by atomic mass is 16.5. The molecule has 0 aromatic rings. The predicted molar refractivity (Wildman–Crippen MR) is 95.2 cm³/mol. The summed E-state index contributed by atoms with van der Waals surface area (Å²) in [6, 6.07) is 0.763. The van der Waals surface area contributed by atoms with Gasteiger partial charge in [-0.3, -0.25) is 4.79 Å². The average Bonchev–Trinajstić information content (AvgIpc) is 2.55. The number of nitrogens with zero attached hydrogens (tertiary/aromatic N) is 1. The Bertz CT molecular complexity index is 368. The van der Waals surface area contributed by atoms with E-state index in [-0.39, 0.29) is 11.9 Å². The lowest BCUT2D eigenvalue weighted by Gasteiger charge is -2.44. The van der Waals surface area contributed by atoms with Crippen molar-refractivity contribution in [3.63, 3.8) is 0 Å². The smallest absolute Gasteiger partial charge is 0.378 e. The van der Waals surface area contributed by atoms with Gasteiger partial charge in [0.15, 0.2) is 0 Å². The summed E-state index contributed by atoms with van der Waals surface area (Å²) in [5.41, 5.74) is 0.533. The molecule has 0 bridgehead atoms. The Morgan fingerprint density at radius 3 is 2.35 bits per heavy atom. The topological polar surface area (TPSA) is 29.5 Å². The van der Waals surface area contributed by atoms with E-state index in [2.05, 4.69) is 30.3 Å². The van der Waals surface area contributed by atoms with Crippen LogP contribution in [0.5, 0.6) is 0 Å². The van der Waals surface area contributed by atoms with Gasteiger partial charge >= 0.3 is 8.05 Å². The van der Waals surface area contributed by atoms with Crippen molar-refractivity contribution in [2.45, 2.75) is 84.6 Å². The van der Waals surface area contributed by atoms with Crippen molar-refractivity contribution in [3.8, 4) is 0 Å². The van der Waals surface area contributed by atoms with Gasteiger partial charge in [0.1, 0.15) is 0 Å². The van der Waals surface area contributed by atoms with Gasteiger partial charge in [0, 0.05) is 6.04 Å². The fourth-order valence-electron chi connectivity index (χ4n) is 4.49. The second-order valence-corrected chi connectivity index (χ2v) is 8.45. The summed E-state index contributed by atoms with van der Waals surface area (Å²) in [4.78, 5) is 14.7. The van der Waals surface area contributed by atoms with E-state index < -0.39 is 0 Å². The van der Waals surface area contributed by atoms with E-state index in [1.165, 1.54) is 25.7 Å². The van der Waals surface area contributed by atoms with Crippen LogP contribution in [0.25, 0.3) is 0 Å². The molecule has 0 spiro atoms. The van der Waals surface area contributed by atoms with Gasteiger partial charge in [0.05, 0.1) is 5.92 Å². The quantitative estimate of drug-likeness (QED) is 0.690. The van der Waals surface area contributed by atoms with E-state index in [9.17, 15) is 4.79 Å². The van der Waals surface area contributed by atoms with Crippen molar-refractivity contribution in [1.29, 1.82) is 0 Å². The standard InChI is InChI=1S/C19H34BNO2/c1-4-5-6-17(18(22)23-20)15-9-13-21(14-10-15)16-7-11-19(2,3)12-8-16/h15-17H,4-14H2,1-3H3. The summed E-state index contributed by atoms with van der Waals surface area (Å²) in [5.74, 6) is 0.262. The van der Waals surface area contributed by atoms with E-state index >= 15 is 0 Å². The van der Waals surface area contributed by atoms with Gasteiger partial charge < -0.3 is 9.55 Å². The first-order valence-electron chi connectivity index (χ1n) is 9.61. The van der Waals surface area contributed by atoms with Gasteiger partial charge in [-0.1, -0.05) is 33.6 Å². The summed E-state index contributed by atoms with van der Waals surface area (Å²) in [6.07, 6.45) is 10.7. The Labute approximate surface area is 144 Å². The molecule has 2 rings (SSSR count). The summed E-state index contributed by atoms with van der Waals surface area (Å²) in [6.45, 7) is 9.23. The SMILES string of the molecule is [B]OC(=O)C(CCCC)C1CCN(C2CCC(C)(C)CC2)CC1. The molecule has 1 heterocycles. The zero-order valence-corrected chi connectivity index (χ0v) is 15.4. The van der Waals surface area contributed by atoms with Crippen molar-refractivity contribution in [1.82, 2.24) is 4.90 Å². The molecule has 1 unspecified atom stereocenters. The lowest BCUT2D eigenvalue weighted by atomic mass is 9.74. The van der Waals surface area contributed by atoms with Crippen molar-refractivity contribution >= 4 is 14.0 Å². The lowest BCUT2D eigenvalue weighted by Crippen LogP contribution is -2.45. The molecule has 1 aliphatic heterocycles. The third kappa shape index (κ3) is 5.24. The largest absolute Gasteiger partial charge is 0.543 e. The number of likely N-dealkylation sites (tertiary alicyclic amines) is 1. The summed E-state index contributed by atoms with van der Waals surface area (Å²) >= 11 is 0. The van der Waals surface area contributed by atoms with Gasteiger partial charge in [-0.2, -0.15) is 0 Å². The normalized spacial score (nSPS) is 25.2. The van der Waals surface area contributed by atoms with Crippen LogP contribution in [0.15, 0.2) is 0 Å². The molecule has 1 saturated carbocycles. The van der Waals surface area contributed by atoms with Crippen LogP contribution < -0.4 is 0 Å². The van der Waals surface area contributed by atoms with Crippen LogP contribution in [-0.2, 0) is 9.45 Å². The fourth-order valence-corrected chi connectivity index (χ4v) is 4.49. The summed E-state index contributed by atoms with van der Waals surface area (Å²) < 4.78 is 4.58. The maximum Gasteiger partial charge on any atom is 0.378 e. The van der Waals surface area contributed by atoms with E-state index in [0.717, 1.165) is 51.2 Å². The molecule has 1 aliphatic carbocycles. The number of carbonyl (C=O) groups excluding carboxylic acids is 1. The average molecular weight is 319 g/mol. The first-order valence-corrected chi connectivity index (χ1v) is 9.61. The molecule has 3 nitrogen and oxygen atoms in total. The monoisotopic (exact) mass is 319 g/mol. The number of carbonyl (C=O) groups is 1. The van der Waals surface area contributed by atoms with Crippen LogP contribution in [-0.4, -0.2) is 38.0 Å². The molecule has 0 aromatic carbocycles. The zero-order chi connectivity index (χ0) is 16.9. The summed E-state index contributed by atoms with van der Waals surface area (Å²) in [5, 5.41) is 0. The first kappa shape index (κ1) is 18.8. The Kier molecular flexibility index (Phi) is 7.00. The molecule has 1 atom stereocenters. The van der Waals surface area contributed by atoms with Gasteiger partial charge in [-0.15, -0.1) is 0 Å². The van der Waals surface area contributed by atoms with Gasteiger partial charge in [0.2, 0.25) is 0 Å². The second-order valence-electron chi connectivity index (χ2n) is 8.45. The molecule has 2 aliphatic rings. The molecule has 0 aromatic heterocycles. The second kappa shape index (κ2) is 8.55. The maximum atomic E-state index is 12.0. The molecule has 2 radical (unpaired) electrons. The minimum absolute atomic E-state index is 0.00684. The van der Waals surface area contributed by atoms with Crippen LogP contribution >= 0.6 is 0 Å². The lowest BCUT2D eigenvalue weighted by molar-refractivity contribution is -0.141. The van der Waals surface area contributed by atoms with Crippen molar-refractivity contribution in [2.24, 2.45) is 17.3 Å².